The molecular weight excluding hydrogens is 400 g/mol. The molecule has 1 saturated heterocycles. The van der Waals surface area contributed by atoms with Gasteiger partial charge in [0, 0.05) is 36.0 Å². The number of nitrogens with zero attached hydrogens (tertiary/aromatic N) is 3. The summed E-state index contributed by atoms with van der Waals surface area (Å²) in [6, 6.07) is 9.45. The molecule has 158 valence electrons. The predicted molar refractivity (Wildman–Crippen MR) is 121 cm³/mol. The number of hydrogen-bond acceptors (Lipinski definition) is 4. The van der Waals surface area contributed by atoms with Gasteiger partial charge in [-0.05, 0) is 56.2 Å². The molecule has 1 N–H and O–H groups in total. The maximum absolute atomic E-state index is 12.9. The quantitative estimate of drug-likeness (QED) is 0.543. The van der Waals surface area contributed by atoms with E-state index >= 15 is 0 Å². The number of rotatable bonds is 6. The normalized spacial score (nSPS) is 14.5. The first-order chi connectivity index (χ1) is 14.4. The lowest BCUT2D eigenvalue weighted by atomic mass is 10.1. The number of amides is 1. The molecule has 1 aromatic heterocycles. The Kier molecular flexibility index (Phi) is 7.20. The average molecular weight is 427 g/mol. The van der Waals surface area contributed by atoms with Crippen LogP contribution in [0.25, 0.3) is 6.08 Å². The van der Waals surface area contributed by atoms with Gasteiger partial charge in [-0.1, -0.05) is 18.5 Å². The lowest BCUT2D eigenvalue weighted by Crippen LogP contribution is -2.36. The fourth-order valence-electron chi connectivity index (χ4n) is 3.72. The highest BCUT2D eigenvalue weighted by Crippen LogP contribution is 2.30. The van der Waals surface area contributed by atoms with Gasteiger partial charge in [0.2, 0.25) is 0 Å². The molecule has 0 atom stereocenters. The topological polar surface area (TPSA) is 70.3 Å². The van der Waals surface area contributed by atoms with Crippen LogP contribution in [0.4, 0.5) is 11.4 Å². The maximum atomic E-state index is 12.9. The Balaban J connectivity index is 1.88. The van der Waals surface area contributed by atoms with Gasteiger partial charge in [0.1, 0.15) is 11.6 Å². The minimum Gasteiger partial charge on any atom is -0.378 e. The van der Waals surface area contributed by atoms with E-state index in [1.165, 1.54) is 0 Å². The number of morpholine rings is 1. The summed E-state index contributed by atoms with van der Waals surface area (Å²) in [5, 5.41) is 13.0. The SMILES string of the molecule is CCCn1c(C)cc(/C=C(\C#N)C(=O)Nc2cc(Cl)ccc2N2CCOCC2)c1C. The highest BCUT2D eigenvalue weighted by molar-refractivity contribution is 6.31. The van der Waals surface area contributed by atoms with Crippen LogP contribution in [0.1, 0.15) is 30.3 Å². The number of carbonyl (C=O) groups is 1. The van der Waals surface area contributed by atoms with Gasteiger partial charge in [-0.2, -0.15) is 5.26 Å². The second-order valence-corrected chi connectivity index (χ2v) is 7.80. The molecule has 0 aliphatic carbocycles. The monoisotopic (exact) mass is 426 g/mol. The molecule has 0 saturated carbocycles. The summed E-state index contributed by atoms with van der Waals surface area (Å²) in [6.45, 7) is 9.80. The van der Waals surface area contributed by atoms with E-state index in [0.717, 1.165) is 48.7 Å². The van der Waals surface area contributed by atoms with Crippen LogP contribution >= 0.6 is 11.6 Å². The first kappa shape index (κ1) is 21.9. The molecule has 30 heavy (non-hydrogen) atoms. The van der Waals surface area contributed by atoms with Crippen LogP contribution in [0.5, 0.6) is 0 Å². The fraction of sp³-hybridized carbons (Fsp3) is 0.391. The molecule has 1 aromatic carbocycles. The number of nitrogens with one attached hydrogen (secondary N) is 1. The van der Waals surface area contributed by atoms with Crippen LogP contribution in [0.15, 0.2) is 29.8 Å². The Morgan fingerprint density at radius 1 is 1.30 bits per heavy atom. The zero-order valence-corrected chi connectivity index (χ0v) is 18.4. The highest BCUT2D eigenvalue weighted by atomic mass is 35.5. The minimum absolute atomic E-state index is 0.0552. The third-order valence-corrected chi connectivity index (χ3v) is 5.52. The molecule has 2 heterocycles. The maximum Gasteiger partial charge on any atom is 0.266 e. The summed E-state index contributed by atoms with van der Waals surface area (Å²) in [7, 11) is 0. The summed E-state index contributed by atoms with van der Waals surface area (Å²) < 4.78 is 7.62. The summed E-state index contributed by atoms with van der Waals surface area (Å²) in [4.78, 5) is 15.1. The Morgan fingerprint density at radius 3 is 2.70 bits per heavy atom. The second-order valence-electron chi connectivity index (χ2n) is 7.36. The molecule has 1 aliphatic heterocycles. The molecule has 2 aromatic rings. The molecule has 1 aliphatic rings. The van der Waals surface area contributed by atoms with Crippen molar-refractivity contribution in [3.8, 4) is 6.07 Å². The summed E-state index contributed by atoms with van der Waals surface area (Å²) in [6.07, 6.45) is 2.67. The summed E-state index contributed by atoms with van der Waals surface area (Å²) in [5.74, 6) is -0.449. The largest absolute Gasteiger partial charge is 0.378 e. The Morgan fingerprint density at radius 2 is 2.03 bits per heavy atom. The number of hydrogen-bond donors (Lipinski definition) is 1. The van der Waals surface area contributed by atoms with Crippen LogP contribution in [-0.2, 0) is 16.1 Å². The van der Waals surface area contributed by atoms with Crippen LogP contribution in [0.2, 0.25) is 5.02 Å². The lowest BCUT2D eigenvalue weighted by molar-refractivity contribution is -0.112. The van der Waals surface area contributed by atoms with E-state index < -0.39 is 5.91 Å². The smallest absolute Gasteiger partial charge is 0.266 e. The molecule has 1 fully saturated rings. The van der Waals surface area contributed by atoms with Gasteiger partial charge in [-0.25, -0.2) is 0 Å². The van der Waals surface area contributed by atoms with Crippen molar-refractivity contribution in [3.63, 3.8) is 0 Å². The predicted octanol–water partition coefficient (Wildman–Crippen LogP) is 4.55. The molecule has 0 bridgehead atoms. The number of anilines is 2. The molecule has 1 amide bonds. The van der Waals surface area contributed by atoms with Crippen molar-refractivity contribution >= 4 is 35.0 Å². The van der Waals surface area contributed by atoms with Crippen LogP contribution in [0, 0.1) is 25.2 Å². The number of benzene rings is 1. The fourth-order valence-corrected chi connectivity index (χ4v) is 3.90. The van der Waals surface area contributed by atoms with E-state index in [9.17, 15) is 10.1 Å². The molecular formula is C23H27ClN4O2. The van der Waals surface area contributed by atoms with Crippen molar-refractivity contribution < 1.29 is 9.53 Å². The molecule has 0 unspecified atom stereocenters. The van der Waals surface area contributed by atoms with Crippen molar-refractivity contribution in [2.75, 3.05) is 36.5 Å². The Bertz CT molecular complexity index is 997. The summed E-state index contributed by atoms with van der Waals surface area (Å²) in [5.41, 5.74) is 4.56. The second kappa shape index (κ2) is 9.84. The van der Waals surface area contributed by atoms with E-state index in [0.29, 0.717) is 23.9 Å². The van der Waals surface area contributed by atoms with Crippen LogP contribution in [0.3, 0.4) is 0 Å². The van der Waals surface area contributed by atoms with E-state index in [2.05, 4.69) is 21.7 Å². The third-order valence-electron chi connectivity index (χ3n) is 5.28. The number of ether oxygens (including phenoxy) is 1. The number of nitriles is 1. The standard InChI is InChI=1S/C23H27ClN4O2/c1-4-7-28-16(2)12-18(17(28)3)13-19(15-25)23(29)26-21-14-20(24)5-6-22(21)27-8-10-30-11-9-27/h5-6,12-14H,4,7-11H2,1-3H3,(H,26,29)/b19-13+. The van der Waals surface area contributed by atoms with Gasteiger partial charge < -0.3 is 19.5 Å². The number of halogens is 1. The highest BCUT2D eigenvalue weighted by Gasteiger charge is 2.19. The Hall–Kier alpha value is -2.75. The molecule has 3 rings (SSSR count). The number of aryl methyl sites for hydroxylation is 1. The number of carbonyl (C=O) groups excluding carboxylic acids is 1. The van der Waals surface area contributed by atoms with Gasteiger partial charge in [0.25, 0.3) is 5.91 Å². The van der Waals surface area contributed by atoms with Crippen molar-refractivity contribution in [3.05, 3.63) is 51.8 Å². The van der Waals surface area contributed by atoms with E-state index in [1.807, 2.05) is 32.0 Å². The summed E-state index contributed by atoms with van der Waals surface area (Å²) >= 11 is 6.18. The first-order valence-corrected chi connectivity index (χ1v) is 10.5. The molecule has 0 radical (unpaired) electrons. The van der Waals surface area contributed by atoms with Gasteiger partial charge in [-0.15, -0.1) is 0 Å². The zero-order valence-electron chi connectivity index (χ0n) is 17.7. The molecule has 0 spiro atoms. The van der Waals surface area contributed by atoms with Gasteiger partial charge >= 0.3 is 0 Å². The third kappa shape index (κ3) is 4.86. The van der Waals surface area contributed by atoms with Crippen molar-refractivity contribution in [1.82, 2.24) is 4.57 Å². The van der Waals surface area contributed by atoms with Gasteiger partial charge in [0.05, 0.1) is 24.6 Å². The lowest BCUT2D eigenvalue weighted by Gasteiger charge is -2.30. The van der Waals surface area contributed by atoms with E-state index in [4.69, 9.17) is 16.3 Å². The van der Waals surface area contributed by atoms with Crippen molar-refractivity contribution in [2.45, 2.75) is 33.7 Å². The van der Waals surface area contributed by atoms with E-state index in [1.54, 1.807) is 18.2 Å². The zero-order chi connectivity index (χ0) is 21.7. The Labute approximate surface area is 182 Å². The number of aromatic nitrogens is 1. The van der Waals surface area contributed by atoms with E-state index in [-0.39, 0.29) is 5.57 Å². The van der Waals surface area contributed by atoms with Crippen molar-refractivity contribution in [1.29, 1.82) is 5.26 Å². The molecule has 7 heteroatoms. The van der Waals surface area contributed by atoms with Crippen molar-refractivity contribution in [2.24, 2.45) is 0 Å². The van der Waals surface area contributed by atoms with Gasteiger partial charge in [0.15, 0.2) is 0 Å². The minimum atomic E-state index is -0.449. The van der Waals surface area contributed by atoms with Gasteiger partial charge in [-0.3, -0.25) is 4.79 Å². The average Bonchev–Trinajstić information content (AvgIpc) is 3.00. The first-order valence-electron chi connectivity index (χ1n) is 10.2. The molecule has 6 nitrogen and oxygen atoms in total. The van der Waals surface area contributed by atoms with Crippen LogP contribution in [-0.4, -0.2) is 36.8 Å². The van der Waals surface area contributed by atoms with Crippen LogP contribution < -0.4 is 10.2 Å².